The molecule has 2 rings (SSSR count). The van der Waals surface area contributed by atoms with Crippen LogP contribution in [0.1, 0.15) is 23.0 Å². The molecule has 3 nitrogen and oxygen atoms in total. The van der Waals surface area contributed by atoms with Gasteiger partial charge in [0, 0.05) is 16.4 Å². The molecule has 0 bridgehead atoms. The highest BCUT2D eigenvalue weighted by Crippen LogP contribution is 2.27. The van der Waals surface area contributed by atoms with E-state index in [9.17, 15) is 4.79 Å². The van der Waals surface area contributed by atoms with Gasteiger partial charge in [-0.1, -0.05) is 6.08 Å². The lowest BCUT2D eigenvalue weighted by Gasteiger charge is -2.09. The fraction of sp³-hybridized carbons (Fsp3) is 0.214. The Balaban J connectivity index is 2.20. The van der Waals surface area contributed by atoms with E-state index in [0.717, 1.165) is 16.5 Å². The number of fused-ring (bicyclic) bond motifs is 1. The van der Waals surface area contributed by atoms with Gasteiger partial charge in [-0.2, -0.15) is 0 Å². The van der Waals surface area contributed by atoms with Gasteiger partial charge in [0.2, 0.25) is 0 Å². The van der Waals surface area contributed by atoms with Crippen LogP contribution in [0.25, 0.3) is 10.1 Å². The van der Waals surface area contributed by atoms with Gasteiger partial charge in [0.05, 0.1) is 4.88 Å². The number of nitrogens with one attached hydrogen (secondary N) is 1. The predicted octanol–water partition coefficient (Wildman–Crippen LogP) is 3.18. The Morgan fingerprint density at radius 1 is 1.56 bits per heavy atom. The van der Waals surface area contributed by atoms with Crippen LogP contribution in [-0.2, 0) is 0 Å². The molecule has 0 aliphatic rings. The quantitative estimate of drug-likeness (QED) is 0.655. The van der Waals surface area contributed by atoms with E-state index in [0.29, 0.717) is 10.6 Å². The van der Waals surface area contributed by atoms with Crippen molar-refractivity contribution in [3.05, 3.63) is 41.8 Å². The summed E-state index contributed by atoms with van der Waals surface area (Å²) in [5.74, 6) is -0.0379. The van der Waals surface area contributed by atoms with E-state index in [1.165, 1.54) is 11.3 Å². The topological polar surface area (TPSA) is 55.1 Å². The van der Waals surface area contributed by atoms with E-state index in [1.807, 2.05) is 31.2 Å². The van der Waals surface area contributed by atoms with Gasteiger partial charge in [0.1, 0.15) is 0 Å². The summed E-state index contributed by atoms with van der Waals surface area (Å²) in [6.07, 6.45) is 2.57. The summed E-state index contributed by atoms with van der Waals surface area (Å²) in [7, 11) is 0. The molecule has 0 radical (unpaired) electrons. The number of rotatable bonds is 4. The molecule has 3 N–H and O–H groups in total. The van der Waals surface area contributed by atoms with Crippen LogP contribution >= 0.6 is 11.3 Å². The van der Waals surface area contributed by atoms with Crippen LogP contribution in [0.5, 0.6) is 0 Å². The number of hydrogen-bond acceptors (Lipinski definition) is 3. The van der Waals surface area contributed by atoms with Crippen LogP contribution in [0.4, 0.5) is 5.69 Å². The maximum atomic E-state index is 12.0. The predicted molar refractivity (Wildman–Crippen MR) is 78.0 cm³/mol. The van der Waals surface area contributed by atoms with Crippen LogP contribution in [0.15, 0.2) is 36.9 Å². The first-order chi connectivity index (χ1) is 8.60. The fourth-order valence-electron chi connectivity index (χ4n) is 1.78. The molecule has 1 atom stereocenters. The zero-order valence-electron chi connectivity index (χ0n) is 10.3. The molecule has 0 saturated carbocycles. The molecule has 1 amide bonds. The minimum absolute atomic E-state index is 0.0379. The number of nitrogen functional groups attached to an aromatic ring is 1. The minimum atomic E-state index is -0.0379. The molecule has 2 aromatic rings. The highest BCUT2D eigenvalue weighted by molar-refractivity contribution is 7.20. The number of carbonyl (C=O) groups is 1. The van der Waals surface area contributed by atoms with Crippen molar-refractivity contribution in [2.45, 2.75) is 19.4 Å². The number of nitrogens with two attached hydrogens (primary N) is 1. The number of benzene rings is 1. The van der Waals surface area contributed by atoms with E-state index in [-0.39, 0.29) is 11.9 Å². The molecule has 18 heavy (non-hydrogen) atoms. The molecule has 0 aliphatic carbocycles. The third kappa shape index (κ3) is 2.71. The first kappa shape index (κ1) is 12.6. The zero-order chi connectivity index (χ0) is 13.1. The number of thiophene rings is 1. The number of amides is 1. The van der Waals surface area contributed by atoms with Crippen LogP contribution in [0, 0.1) is 0 Å². The summed E-state index contributed by atoms with van der Waals surface area (Å²) in [6, 6.07) is 7.66. The Hall–Kier alpha value is -1.81. The summed E-state index contributed by atoms with van der Waals surface area (Å²) in [5, 5.41) is 3.96. The van der Waals surface area contributed by atoms with E-state index in [1.54, 1.807) is 6.08 Å². The average molecular weight is 260 g/mol. The maximum Gasteiger partial charge on any atom is 0.261 e. The summed E-state index contributed by atoms with van der Waals surface area (Å²) in [4.78, 5) is 12.7. The molecule has 0 saturated heterocycles. The molecule has 0 spiro atoms. The molecule has 4 heteroatoms. The van der Waals surface area contributed by atoms with Crippen molar-refractivity contribution < 1.29 is 4.79 Å². The lowest BCUT2D eigenvalue weighted by atomic mass is 10.2. The van der Waals surface area contributed by atoms with Crippen molar-refractivity contribution >= 4 is 33.0 Å². The number of hydrogen-bond donors (Lipinski definition) is 2. The number of anilines is 1. The van der Waals surface area contributed by atoms with Gasteiger partial charge in [-0.15, -0.1) is 17.9 Å². The van der Waals surface area contributed by atoms with Crippen LogP contribution in [0.2, 0.25) is 0 Å². The smallest absolute Gasteiger partial charge is 0.261 e. The lowest BCUT2D eigenvalue weighted by molar-refractivity contribution is 0.0944. The highest BCUT2D eigenvalue weighted by Gasteiger charge is 2.12. The van der Waals surface area contributed by atoms with E-state index < -0.39 is 0 Å². The maximum absolute atomic E-state index is 12.0. The third-order valence-corrected chi connectivity index (χ3v) is 3.78. The van der Waals surface area contributed by atoms with Gasteiger partial charge in [-0.05, 0) is 43.0 Å². The van der Waals surface area contributed by atoms with Crippen molar-refractivity contribution in [3.8, 4) is 0 Å². The standard InChI is InChI=1S/C14H16N2OS/c1-3-4-9(2)16-14(17)13-8-10-7-11(15)5-6-12(10)18-13/h3,5-9H,1,4,15H2,2H3,(H,16,17). The van der Waals surface area contributed by atoms with Crippen LogP contribution in [0.3, 0.4) is 0 Å². The third-order valence-electron chi connectivity index (χ3n) is 2.66. The van der Waals surface area contributed by atoms with E-state index in [4.69, 9.17) is 5.73 Å². The SMILES string of the molecule is C=CCC(C)NC(=O)c1cc2cc(N)ccc2s1. The van der Waals surface area contributed by atoms with Crippen molar-refractivity contribution in [2.75, 3.05) is 5.73 Å². The van der Waals surface area contributed by atoms with Crippen molar-refractivity contribution in [1.82, 2.24) is 5.32 Å². The van der Waals surface area contributed by atoms with Gasteiger partial charge in [0.25, 0.3) is 5.91 Å². The Kier molecular flexibility index (Phi) is 3.67. The lowest BCUT2D eigenvalue weighted by Crippen LogP contribution is -2.31. The molecule has 0 fully saturated rings. The molecular weight excluding hydrogens is 244 g/mol. The van der Waals surface area contributed by atoms with Crippen molar-refractivity contribution in [2.24, 2.45) is 0 Å². The summed E-state index contributed by atoms with van der Waals surface area (Å²) in [6.45, 7) is 5.63. The van der Waals surface area contributed by atoms with Gasteiger partial charge in [-0.25, -0.2) is 0 Å². The number of carbonyl (C=O) groups excluding carboxylic acids is 1. The van der Waals surface area contributed by atoms with Crippen LogP contribution < -0.4 is 11.1 Å². The van der Waals surface area contributed by atoms with Crippen molar-refractivity contribution in [3.63, 3.8) is 0 Å². The molecule has 1 aromatic heterocycles. The molecule has 1 unspecified atom stereocenters. The highest BCUT2D eigenvalue weighted by atomic mass is 32.1. The van der Waals surface area contributed by atoms with E-state index in [2.05, 4.69) is 11.9 Å². The molecule has 0 aliphatic heterocycles. The monoisotopic (exact) mass is 260 g/mol. The van der Waals surface area contributed by atoms with Gasteiger partial charge >= 0.3 is 0 Å². The van der Waals surface area contributed by atoms with Gasteiger partial charge in [0.15, 0.2) is 0 Å². The molecule has 1 aromatic carbocycles. The average Bonchev–Trinajstić information content (AvgIpc) is 2.72. The Morgan fingerprint density at radius 3 is 3.06 bits per heavy atom. The first-order valence-electron chi connectivity index (χ1n) is 5.81. The van der Waals surface area contributed by atoms with Gasteiger partial charge < -0.3 is 11.1 Å². The zero-order valence-corrected chi connectivity index (χ0v) is 11.1. The second kappa shape index (κ2) is 5.23. The second-order valence-electron chi connectivity index (χ2n) is 4.31. The van der Waals surface area contributed by atoms with E-state index >= 15 is 0 Å². The van der Waals surface area contributed by atoms with Gasteiger partial charge in [-0.3, -0.25) is 4.79 Å². The normalized spacial score (nSPS) is 12.3. The van der Waals surface area contributed by atoms with Crippen LogP contribution in [-0.4, -0.2) is 11.9 Å². The summed E-state index contributed by atoms with van der Waals surface area (Å²) < 4.78 is 1.07. The summed E-state index contributed by atoms with van der Waals surface area (Å²) in [5.41, 5.74) is 6.44. The van der Waals surface area contributed by atoms with Crippen molar-refractivity contribution in [1.29, 1.82) is 0 Å². The molecule has 1 heterocycles. The fourth-order valence-corrected chi connectivity index (χ4v) is 2.72. The molecule has 94 valence electrons. The Morgan fingerprint density at radius 2 is 2.33 bits per heavy atom. The Bertz CT molecular complexity index is 588. The summed E-state index contributed by atoms with van der Waals surface area (Å²) >= 11 is 1.48. The second-order valence-corrected chi connectivity index (χ2v) is 5.39. The Labute approximate surface area is 110 Å². The first-order valence-corrected chi connectivity index (χ1v) is 6.62. The largest absolute Gasteiger partial charge is 0.399 e. The molecular formula is C14H16N2OS. The minimum Gasteiger partial charge on any atom is -0.399 e.